The van der Waals surface area contributed by atoms with E-state index in [1.54, 1.807) is 43.3 Å². The first-order valence-corrected chi connectivity index (χ1v) is 11.4. The van der Waals surface area contributed by atoms with Crippen LogP contribution in [0.15, 0.2) is 48.5 Å². The molecule has 0 saturated heterocycles. The molecule has 33 heavy (non-hydrogen) atoms. The third kappa shape index (κ3) is 5.79. The minimum absolute atomic E-state index is 0.0544. The Morgan fingerprint density at radius 3 is 2.09 bits per heavy atom. The van der Waals surface area contributed by atoms with Crippen molar-refractivity contribution in [1.82, 2.24) is 15.1 Å². The number of nitrogens with one attached hydrogen (secondary N) is 1. The van der Waals surface area contributed by atoms with E-state index >= 15 is 0 Å². The van der Waals surface area contributed by atoms with Crippen molar-refractivity contribution in [3.63, 3.8) is 0 Å². The number of nitrogens with zero attached hydrogens (tertiary/aromatic N) is 2. The number of carbonyl (C=O) groups is 4. The summed E-state index contributed by atoms with van der Waals surface area (Å²) in [6.07, 6.45) is 0.403. The molecule has 4 amide bonds. The van der Waals surface area contributed by atoms with E-state index in [9.17, 15) is 19.2 Å². The van der Waals surface area contributed by atoms with E-state index in [4.69, 9.17) is 11.6 Å². The maximum absolute atomic E-state index is 13.1. The van der Waals surface area contributed by atoms with Crippen LogP contribution in [-0.4, -0.2) is 52.1 Å². The lowest BCUT2D eigenvalue weighted by Crippen LogP contribution is -2.49. The molecular formula is C25H28ClN3O4. The van der Waals surface area contributed by atoms with Crippen molar-refractivity contribution in [2.75, 3.05) is 6.54 Å². The number of imide groups is 1. The topological polar surface area (TPSA) is 86.8 Å². The molecule has 1 aliphatic heterocycles. The van der Waals surface area contributed by atoms with Gasteiger partial charge in [0.1, 0.15) is 6.04 Å². The lowest BCUT2D eigenvalue weighted by molar-refractivity contribution is -0.140. The molecule has 1 aliphatic rings. The van der Waals surface area contributed by atoms with Crippen LogP contribution in [0.4, 0.5) is 0 Å². The zero-order valence-corrected chi connectivity index (χ0v) is 19.8. The van der Waals surface area contributed by atoms with E-state index < -0.39 is 6.04 Å². The predicted molar refractivity (Wildman–Crippen MR) is 126 cm³/mol. The van der Waals surface area contributed by atoms with Crippen LogP contribution in [0.25, 0.3) is 0 Å². The first kappa shape index (κ1) is 24.5. The van der Waals surface area contributed by atoms with Gasteiger partial charge in [-0.05, 0) is 57.0 Å². The Labute approximate surface area is 198 Å². The zero-order chi connectivity index (χ0) is 24.1. The van der Waals surface area contributed by atoms with Gasteiger partial charge in [0.15, 0.2) is 0 Å². The van der Waals surface area contributed by atoms with Gasteiger partial charge >= 0.3 is 0 Å². The summed E-state index contributed by atoms with van der Waals surface area (Å²) in [6.45, 7) is 5.79. The lowest BCUT2D eigenvalue weighted by atomic mass is 10.1. The van der Waals surface area contributed by atoms with Crippen LogP contribution in [0.1, 0.15) is 59.9 Å². The van der Waals surface area contributed by atoms with Crippen molar-refractivity contribution in [2.24, 2.45) is 0 Å². The van der Waals surface area contributed by atoms with Crippen LogP contribution in [0, 0.1) is 0 Å². The Morgan fingerprint density at radius 1 is 0.970 bits per heavy atom. The molecule has 8 heteroatoms. The second-order valence-electron chi connectivity index (χ2n) is 8.40. The van der Waals surface area contributed by atoms with Gasteiger partial charge in [0.2, 0.25) is 11.8 Å². The van der Waals surface area contributed by atoms with Gasteiger partial charge in [0.25, 0.3) is 11.8 Å². The van der Waals surface area contributed by atoms with Gasteiger partial charge < -0.3 is 10.2 Å². The fourth-order valence-electron chi connectivity index (χ4n) is 3.75. The summed E-state index contributed by atoms with van der Waals surface area (Å²) >= 11 is 5.96. The van der Waals surface area contributed by atoms with Gasteiger partial charge in [-0.1, -0.05) is 35.9 Å². The summed E-state index contributed by atoms with van der Waals surface area (Å²) < 4.78 is 0. The highest BCUT2D eigenvalue weighted by Crippen LogP contribution is 2.23. The summed E-state index contributed by atoms with van der Waals surface area (Å²) in [5.74, 6) is -1.16. The largest absolute Gasteiger partial charge is 0.352 e. The van der Waals surface area contributed by atoms with Crippen LogP contribution in [0.5, 0.6) is 0 Å². The molecule has 0 bridgehead atoms. The van der Waals surface area contributed by atoms with E-state index in [1.807, 2.05) is 26.0 Å². The summed E-state index contributed by atoms with van der Waals surface area (Å²) in [6, 6.07) is 13.1. The smallest absolute Gasteiger partial charge is 0.261 e. The van der Waals surface area contributed by atoms with Gasteiger partial charge in [-0.15, -0.1) is 0 Å². The average molecular weight is 470 g/mol. The van der Waals surface area contributed by atoms with Crippen LogP contribution >= 0.6 is 11.6 Å². The fourth-order valence-corrected chi connectivity index (χ4v) is 3.87. The highest BCUT2D eigenvalue weighted by atomic mass is 35.5. The lowest BCUT2D eigenvalue weighted by Gasteiger charge is -2.29. The summed E-state index contributed by atoms with van der Waals surface area (Å²) in [5, 5.41) is 3.43. The molecule has 2 aromatic rings. The number of rotatable bonds is 9. The zero-order valence-electron chi connectivity index (χ0n) is 19.0. The number of carbonyl (C=O) groups excluding carboxylic acids is 4. The van der Waals surface area contributed by atoms with Crippen LogP contribution in [-0.2, 0) is 16.1 Å². The van der Waals surface area contributed by atoms with Crippen molar-refractivity contribution in [3.05, 3.63) is 70.2 Å². The van der Waals surface area contributed by atoms with Crippen molar-refractivity contribution in [1.29, 1.82) is 0 Å². The predicted octanol–water partition coefficient (Wildman–Crippen LogP) is 3.66. The molecule has 0 radical (unpaired) electrons. The number of hydrogen-bond donors (Lipinski definition) is 1. The number of amides is 4. The molecule has 0 aliphatic carbocycles. The molecule has 174 valence electrons. The summed E-state index contributed by atoms with van der Waals surface area (Å²) in [7, 11) is 0. The molecule has 0 unspecified atom stereocenters. The molecule has 2 aromatic carbocycles. The Balaban J connectivity index is 1.66. The Hall–Kier alpha value is -3.19. The second-order valence-corrected chi connectivity index (χ2v) is 8.83. The first-order chi connectivity index (χ1) is 15.7. The maximum Gasteiger partial charge on any atom is 0.261 e. The highest BCUT2D eigenvalue weighted by Gasteiger charge is 2.35. The molecule has 1 heterocycles. The Kier molecular flexibility index (Phi) is 7.87. The Bertz CT molecular complexity index is 1020. The van der Waals surface area contributed by atoms with Crippen LogP contribution in [0.2, 0.25) is 5.02 Å². The molecular weight excluding hydrogens is 442 g/mol. The van der Waals surface area contributed by atoms with Crippen molar-refractivity contribution < 1.29 is 19.2 Å². The molecule has 0 saturated carbocycles. The van der Waals surface area contributed by atoms with Gasteiger partial charge in [0, 0.05) is 30.6 Å². The Morgan fingerprint density at radius 2 is 1.55 bits per heavy atom. The summed E-state index contributed by atoms with van der Waals surface area (Å²) in [5.41, 5.74) is 1.62. The molecule has 1 atom stereocenters. The van der Waals surface area contributed by atoms with Gasteiger partial charge in [-0.3, -0.25) is 24.1 Å². The monoisotopic (exact) mass is 469 g/mol. The number of benzene rings is 2. The molecule has 0 spiro atoms. The van der Waals surface area contributed by atoms with E-state index in [0.29, 0.717) is 22.6 Å². The SMILES string of the molecule is CC(C)NC(=O)[C@H](C)N(Cc1ccc(Cl)cc1)C(=O)CCCN1C(=O)c2ccccc2C1=O. The molecule has 1 N–H and O–H groups in total. The van der Waals surface area contributed by atoms with Crippen molar-refractivity contribution in [2.45, 2.75) is 52.2 Å². The normalized spacial score (nSPS) is 13.8. The average Bonchev–Trinajstić information content (AvgIpc) is 3.02. The number of halogens is 1. The fraction of sp³-hybridized carbons (Fsp3) is 0.360. The second kappa shape index (κ2) is 10.6. The number of fused-ring (bicyclic) bond motifs is 1. The number of hydrogen-bond acceptors (Lipinski definition) is 4. The molecule has 3 rings (SSSR count). The van der Waals surface area contributed by atoms with E-state index in [-0.39, 0.29) is 49.2 Å². The van der Waals surface area contributed by atoms with Crippen molar-refractivity contribution in [3.8, 4) is 0 Å². The van der Waals surface area contributed by atoms with E-state index in [1.165, 1.54) is 9.80 Å². The third-order valence-electron chi connectivity index (χ3n) is 5.51. The summed E-state index contributed by atoms with van der Waals surface area (Å²) in [4.78, 5) is 53.5. The minimum Gasteiger partial charge on any atom is -0.352 e. The molecule has 7 nitrogen and oxygen atoms in total. The molecule has 0 aromatic heterocycles. The molecule has 0 fully saturated rings. The highest BCUT2D eigenvalue weighted by molar-refractivity contribution is 6.30. The third-order valence-corrected chi connectivity index (χ3v) is 5.77. The quantitative estimate of drug-likeness (QED) is 0.568. The maximum atomic E-state index is 13.1. The van der Waals surface area contributed by atoms with Crippen LogP contribution < -0.4 is 5.32 Å². The van der Waals surface area contributed by atoms with Crippen molar-refractivity contribution >= 4 is 35.2 Å². The van der Waals surface area contributed by atoms with Gasteiger partial charge in [0.05, 0.1) is 11.1 Å². The first-order valence-electron chi connectivity index (χ1n) is 11.0. The van der Waals surface area contributed by atoms with Gasteiger partial charge in [-0.2, -0.15) is 0 Å². The van der Waals surface area contributed by atoms with Gasteiger partial charge in [-0.25, -0.2) is 0 Å². The minimum atomic E-state index is -0.685. The standard InChI is InChI=1S/C25H28ClN3O4/c1-16(2)27-23(31)17(3)29(15-18-10-12-19(26)13-11-18)22(30)9-6-14-28-24(32)20-7-4-5-8-21(20)25(28)33/h4-5,7-8,10-13,16-17H,6,9,14-15H2,1-3H3,(H,27,31)/t17-/m0/s1. The van der Waals surface area contributed by atoms with Crippen LogP contribution in [0.3, 0.4) is 0 Å². The van der Waals surface area contributed by atoms with E-state index in [2.05, 4.69) is 5.32 Å². The van der Waals surface area contributed by atoms with E-state index in [0.717, 1.165) is 5.56 Å².